The Balaban J connectivity index is 0.817. The molecule has 4 amide bonds. The van der Waals surface area contributed by atoms with Crippen LogP contribution < -0.4 is 19.6 Å². The summed E-state index contributed by atoms with van der Waals surface area (Å²) in [4.78, 5) is 67.2. The van der Waals surface area contributed by atoms with Crippen molar-refractivity contribution < 1.29 is 19.2 Å². The van der Waals surface area contributed by atoms with Gasteiger partial charge in [0, 0.05) is 67.2 Å². The van der Waals surface area contributed by atoms with E-state index in [2.05, 4.69) is 229 Å². The Labute approximate surface area is 565 Å². The molecule has 13 rings (SSSR count). The smallest absolute Gasteiger partial charge is 0.265 e. The number of carbonyl (C=O) groups excluding carboxylic acids is 4. The molecule has 480 valence electrons. The zero-order valence-electron chi connectivity index (χ0n) is 58.0. The average Bonchev–Trinajstić information content (AvgIpc) is 0.690. The van der Waals surface area contributed by atoms with Crippen LogP contribution >= 0.6 is 0 Å². The molecule has 11 aromatic carbocycles. The second-order valence-corrected chi connectivity index (χ2v) is 30.6. The maximum atomic E-state index is 15.1. The van der Waals surface area contributed by atoms with Crippen molar-refractivity contribution in [3.8, 4) is 0 Å². The number of hydrogen-bond donors (Lipinski definition) is 0. The minimum atomic E-state index is -0.421. The first-order valence-corrected chi connectivity index (χ1v) is 33.4. The predicted molar refractivity (Wildman–Crippen MR) is 404 cm³/mol. The van der Waals surface area contributed by atoms with Crippen molar-refractivity contribution in [3.05, 3.63) is 269 Å². The number of benzene rings is 11. The van der Waals surface area contributed by atoms with Crippen molar-refractivity contribution in [1.29, 1.82) is 0 Å². The third kappa shape index (κ3) is 11.8. The summed E-state index contributed by atoms with van der Waals surface area (Å²) in [6.45, 7) is 37.2. The fourth-order valence-electron chi connectivity index (χ4n) is 15.2. The van der Waals surface area contributed by atoms with E-state index in [1.807, 2.05) is 104 Å². The standard InChI is InChI=1S/C88H84N4O4/c1-53(2)49-54(3)57-17-25-61(26-18-57)89(62-27-19-58(20-28-62)55(4)50-85(6,7)8)65-33-37-67(38-34-65)91-81(93)73-45-41-69-71-43-47-75-80-76(48-44-72(78(71)80)70-42-46-74(82(91)94)79(73)77(69)70)84(96)92(83(75)95)68-39-35-66(36-40-68)90(63-29-21-59(22-30-63)56(5)51-86(9,10)11)64-31-23-60(24-32-64)88(15,16)52-87(12,13)14/h17-51H,1,52H2,2-16H3/b54-49+,55-50+,56-51+. The normalized spacial score (nSPS) is 14.3. The number of hydrogen-bond acceptors (Lipinski definition) is 6. The minimum Gasteiger partial charge on any atom is -0.311 e. The minimum absolute atomic E-state index is 0.0297. The second kappa shape index (κ2) is 23.8. The maximum absolute atomic E-state index is 15.1. The average molecular weight is 1260 g/mol. The fourth-order valence-corrected chi connectivity index (χ4v) is 15.2. The molecule has 0 atom stereocenters. The number of allylic oxidation sites excluding steroid dienone is 7. The van der Waals surface area contributed by atoms with Crippen molar-refractivity contribution in [2.24, 2.45) is 16.2 Å². The molecule has 0 aliphatic carbocycles. The summed E-state index contributed by atoms with van der Waals surface area (Å²) in [5.74, 6) is -1.67. The van der Waals surface area contributed by atoms with Crippen LogP contribution in [-0.2, 0) is 5.41 Å². The lowest BCUT2D eigenvalue weighted by Crippen LogP contribution is -2.40. The zero-order valence-corrected chi connectivity index (χ0v) is 58.0. The van der Waals surface area contributed by atoms with E-state index in [0.29, 0.717) is 44.4 Å². The Hall–Kier alpha value is -10.4. The Kier molecular flexibility index (Phi) is 15.9. The summed E-state index contributed by atoms with van der Waals surface area (Å²) < 4.78 is 0. The van der Waals surface area contributed by atoms with Gasteiger partial charge in [-0.05, 0) is 248 Å². The van der Waals surface area contributed by atoms with Crippen LogP contribution in [0.25, 0.3) is 59.8 Å². The van der Waals surface area contributed by atoms with Crippen molar-refractivity contribution in [2.75, 3.05) is 19.6 Å². The van der Waals surface area contributed by atoms with Gasteiger partial charge in [0.25, 0.3) is 23.6 Å². The van der Waals surface area contributed by atoms with Gasteiger partial charge in [-0.1, -0.05) is 179 Å². The van der Waals surface area contributed by atoms with E-state index in [9.17, 15) is 0 Å². The highest BCUT2D eigenvalue weighted by Crippen LogP contribution is 2.49. The van der Waals surface area contributed by atoms with Gasteiger partial charge in [0.15, 0.2) is 0 Å². The summed E-state index contributed by atoms with van der Waals surface area (Å²) in [5.41, 5.74) is 17.5. The van der Waals surface area contributed by atoms with E-state index in [1.165, 1.54) is 26.5 Å². The Morgan fingerprint density at radius 1 is 0.354 bits per heavy atom. The molecule has 2 aliphatic heterocycles. The van der Waals surface area contributed by atoms with E-state index in [1.54, 1.807) is 0 Å². The molecule has 0 unspecified atom stereocenters. The van der Waals surface area contributed by atoms with Crippen molar-refractivity contribution >= 4 is 129 Å². The van der Waals surface area contributed by atoms with Crippen LogP contribution in [0.1, 0.15) is 174 Å². The lowest BCUT2D eigenvalue weighted by Gasteiger charge is -2.33. The number of anilines is 8. The van der Waals surface area contributed by atoms with Gasteiger partial charge in [-0.15, -0.1) is 0 Å². The summed E-state index contributed by atoms with van der Waals surface area (Å²) in [5, 5.41) is 6.03. The number of rotatable bonds is 14. The maximum Gasteiger partial charge on any atom is 0.265 e. The number of fused-ring (bicyclic) bond motifs is 2. The molecular formula is C88H84N4O4. The molecule has 0 radical (unpaired) electrons. The van der Waals surface area contributed by atoms with Gasteiger partial charge in [-0.2, -0.15) is 0 Å². The SMILES string of the molecule is C=C(C)/C=C(\C)c1ccc(N(c2ccc(/C(C)=C/C(C)(C)C)cc2)c2ccc(N3C(=O)c4ccc5c6ccc7c8c(ccc(c9ccc(c4c59)C3=O)c86)C(=O)N(c3ccc(N(c4ccc(/C(C)=C/C(C)(C)C)cc4)c4ccc(C(C)(C)CC(C)(C)C)cc4)cc3)C7=O)cc2)cc1. The van der Waals surface area contributed by atoms with Crippen molar-refractivity contribution in [2.45, 2.75) is 116 Å². The Morgan fingerprint density at radius 2 is 0.625 bits per heavy atom. The third-order valence-electron chi connectivity index (χ3n) is 18.8. The van der Waals surface area contributed by atoms with Gasteiger partial charge in [0.1, 0.15) is 0 Å². The van der Waals surface area contributed by atoms with Gasteiger partial charge < -0.3 is 9.80 Å². The first-order valence-electron chi connectivity index (χ1n) is 33.4. The summed E-state index contributed by atoms with van der Waals surface area (Å²) in [7, 11) is 0. The molecule has 0 spiro atoms. The van der Waals surface area contributed by atoms with E-state index in [4.69, 9.17) is 0 Å². The predicted octanol–water partition coefficient (Wildman–Crippen LogP) is 23.9. The zero-order chi connectivity index (χ0) is 68.2. The number of carbonyl (C=O) groups is 4. The highest BCUT2D eigenvalue weighted by Gasteiger charge is 2.39. The van der Waals surface area contributed by atoms with Crippen LogP contribution in [0.15, 0.2) is 225 Å². The first kappa shape index (κ1) is 64.3. The van der Waals surface area contributed by atoms with E-state index < -0.39 is 23.6 Å². The third-order valence-corrected chi connectivity index (χ3v) is 18.8. The molecule has 2 aliphatic rings. The fraction of sp³-hybridized carbons (Fsp3) is 0.227. The second-order valence-electron chi connectivity index (χ2n) is 30.6. The molecule has 0 bridgehead atoms. The van der Waals surface area contributed by atoms with Crippen LogP contribution in [0.2, 0.25) is 0 Å². The van der Waals surface area contributed by atoms with Gasteiger partial charge in [-0.3, -0.25) is 19.2 Å². The Morgan fingerprint density at radius 3 is 0.896 bits per heavy atom. The molecule has 96 heavy (non-hydrogen) atoms. The quantitative estimate of drug-likeness (QED) is 0.0467. The monoisotopic (exact) mass is 1260 g/mol. The lowest BCUT2D eigenvalue weighted by atomic mass is 9.72. The molecule has 0 fully saturated rings. The number of amides is 4. The molecule has 2 heterocycles. The van der Waals surface area contributed by atoms with Crippen LogP contribution in [0, 0.1) is 16.2 Å². The summed E-state index contributed by atoms with van der Waals surface area (Å²) in [6.07, 6.45) is 7.69. The lowest BCUT2D eigenvalue weighted by molar-refractivity contribution is 0.0877. The van der Waals surface area contributed by atoms with Gasteiger partial charge in [-0.25, -0.2) is 9.80 Å². The highest BCUT2D eigenvalue weighted by molar-refractivity contribution is 6.45. The van der Waals surface area contributed by atoms with Gasteiger partial charge >= 0.3 is 0 Å². The molecule has 0 aromatic heterocycles. The number of imide groups is 2. The van der Waals surface area contributed by atoms with E-state index >= 15 is 19.2 Å². The van der Waals surface area contributed by atoms with Crippen LogP contribution in [0.3, 0.4) is 0 Å². The van der Waals surface area contributed by atoms with Crippen LogP contribution in [0.4, 0.5) is 45.5 Å². The largest absolute Gasteiger partial charge is 0.311 e. The molecular weight excluding hydrogens is 1180 g/mol. The molecule has 0 N–H and O–H groups in total. The number of nitrogens with zero attached hydrogens (tertiary/aromatic N) is 4. The molecule has 8 heteroatoms. The molecule has 11 aromatic rings. The van der Waals surface area contributed by atoms with Crippen LogP contribution in [-0.4, -0.2) is 23.6 Å². The van der Waals surface area contributed by atoms with Gasteiger partial charge in [0.05, 0.1) is 11.4 Å². The van der Waals surface area contributed by atoms with E-state index in [0.717, 1.165) is 101 Å². The molecule has 0 saturated heterocycles. The Bertz CT molecular complexity index is 4960. The molecule has 8 nitrogen and oxygen atoms in total. The first-order chi connectivity index (χ1) is 45.4. The van der Waals surface area contributed by atoms with Crippen LogP contribution in [0.5, 0.6) is 0 Å². The summed E-state index contributed by atoms with van der Waals surface area (Å²) in [6, 6.07) is 64.9. The van der Waals surface area contributed by atoms with Crippen molar-refractivity contribution in [1.82, 2.24) is 0 Å². The van der Waals surface area contributed by atoms with E-state index in [-0.39, 0.29) is 21.7 Å². The summed E-state index contributed by atoms with van der Waals surface area (Å²) >= 11 is 0. The molecule has 0 saturated carbocycles. The van der Waals surface area contributed by atoms with Crippen molar-refractivity contribution in [3.63, 3.8) is 0 Å². The van der Waals surface area contributed by atoms with Gasteiger partial charge in [0.2, 0.25) is 0 Å². The topological polar surface area (TPSA) is 81.2 Å². The highest BCUT2D eigenvalue weighted by atomic mass is 16.2.